The van der Waals surface area contributed by atoms with Crippen LogP contribution in [0.15, 0.2) is 60.7 Å². The maximum Gasteiger partial charge on any atom is 0.254 e. The third-order valence-corrected chi connectivity index (χ3v) is 10.0. The molecule has 0 saturated carbocycles. The SMILES string of the molecule is CC[C@@H](C)[C@H](NC(=O)C1CCCN1C(=O)[C@@H](O)[C@H](Cc1ccccc1)NC(=O)[C@H](CC(C)C)NC(=O)CCc1ccccc1)C(=O)N[C@H](C(N)=O)C(C)C. The number of amides is 6. The second-order valence-electron chi connectivity index (χ2n) is 15.2. The van der Waals surface area contributed by atoms with Gasteiger partial charge in [-0.15, -0.1) is 0 Å². The zero-order valence-electron chi connectivity index (χ0n) is 32.5. The Kier molecular flexibility index (Phi) is 17.1. The molecule has 1 aliphatic rings. The summed E-state index contributed by atoms with van der Waals surface area (Å²) in [4.78, 5) is 81.4. The molecule has 296 valence electrons. The zero-order valence-corrected chi connectivity index (χ0v) is 32.5. The monoisotopic (exact) mass is 748 g/mol. The molecule has 1 heterocycles. The van der Waals surface area contributed by atoms with Crippen molar-refractivity contribution in [2.75, 3.05) is 6.54 Å². The third kappa shape index (κ3) is 13.0. The van der Waals surface area contributed by atoms with Gasteiger partial charge in [-0.2, -0.15) is 0 Å². The molecule has 3 rings (SSSR count). The number of benzene rings is 2. The second-order valence-corrected chi connectivity index (χ2v) is 15.2. The minimum Gasteiger partial charge on any atom is -0.381 e. The van der Waals surface area contributed by atoms with Gasteiger partial charge in [0.15, 0.2) is 6.10 Å². The number of nitrogens with zero attached hydrogens (tertiary/aromatic N) is 1. The molecule has 2 aromatic carbocycles. The van der Waals surface area contributed by atoms with E-state index in [1.54, 1.807) is 20.8 Å². The number of nitrogens with two attached hydrogens (primary N) is 1. The number of aliphatic hydroxyl groups excluding tert-OH is 1. The van der Waals surface area contributed by atoms with E-state index in [1.807, 2.05) is 81.4 Å². The van der Waals surface area contributed by atoms with Gasteiger partial charge in [0.25, 0.3) is 5.91 Å². The van der Waals surface area contributed by atoms with Gasteiger partial charge in [0.2, 0.25) is 29.5 Å². The smallest absolute Gasteiger partial charge is 0.254 e. The van der Waals surface area contributed by atoms with Gasteiger partial charge < -0.3 is 37.0 Å². The van der Waals surface area contributed by atoms with Crippen molar-refractivity contribution in [1.82, 2.24) is 26.2 Å². The first-order chi connectivity index (χ1) is 25.6. The number of hydrogen-bond donors (Lipinski definition) is 6. The van der Waals surface area contributed by atoms with Crippen LogP contribution in [0, 0.1) is 17.8 Å². The van der Waals surface area contributed by atoms with Gasteiger partial charge >= 0.3 is 0 Å². The van der Waals surface area contributed by atoms with E-state index < -0.39 is 65.8 Å². The summed E-state index contributed by atoms with van der Waals surface area (Å²) in [5.74, 6) is -3.90. The quantitative estimate of drug-likeness (QED) is 0.119. The fourth-order valence-electron chi connectivity index (χ4n) is 6.67. The molecule has 7 N–H and O–H groups in total. The van der Waals surface area contributed by atoms with Gasteiger partial charge in [-0.05, 0) is 61.0 Å². The average Bonchev–Trinajstić information content (AvgIpc) is 3.64. The molecule has 7 atom stereocenters. The van der Waals surface area contributed by atoms with E-state index >= 15 is 0 Å². The van der Waals surface area contributed by atoms with Crippen molar-refractivity contribution in [2.24, 2.45) is 23.5 Å². The normalized spacial score (nSPS) is 17.5. The summed E-state index contributed by atoms with van der Waals surface area (Å²) in [7, 11) is 0. The number of carbonyl (C=O) groups is 6. The highest BCUT2D eigenvalue weighted by Crippen LogP contribution is 2.22. The molecule has 54 heavy (non-hydrogen) atoms. The molecule has 6 amide bonds. The average molecular weight is 749 g/mol. The lowest BCUT2D eigenvalue weighted by molar-refractivity contribution is -0.147. The number of primary amides is 1. The number of carbonyl (C=O) groups excluding carboxylic acids is 6. The molecule has 0 spiro atoms. The maximum absolute atomic E-state index is 14.1. The van der Waals surface area contributed by atoms with Crippen LogP contribution in [0.4, 0.5) is 0 Å². The molecule has 1 unspecified atom stereocenters. The summed E-state index contributed by atoms with van der Waals surface area (Å²) < 4.78 is 0. The predicted molar refractivity (Wildman–Crippen MR) is 206 cm³/mol. The summed E-state index contributed by atoms with van der Waals surface area (Å²) >= 11 is 0. The van der Waals surface area contributed by atoms with E-state index in [0.29, 0.717) is 32.1 Å². The van der Waals surface area contributed by atoms with Crippen molar-refractivity contribution in [3.8, 4) is 0 Å². The Labute approximate surface area is 319 Å². The maximum atomic E-state index is 14.1. The highest BCUT2D eigenvalue weighted by atomic mass is 16.3. The lowest BCUT2D eigenvalue weighted by Gasteiger charge is -2.33. The Morgan fingerprint density at radius 1 is 0.815 bits per heavy atom. The zero-order chi connectivity index (χ0) is 39.9. The van der Waals surface area contributed by atoms with E-state index in [0.717, 1.165) is 11.1 Å². The van der Waals surface area contributed by atoms with Gasteiger partial charge in [0.05, 0.1) is 6.04 Å². The van der Waals surface area contributed by atoms with Crippen LogP contribution in [0.1, 0.15) is 84.8 Å². The molecule has 1 fully saturated rings. The molecule has 1 aliphatic heterocycles. The Morgan fingerprint density at radius 3 is 1.98 bits per heavy atom. The van der Waals surface area contributed by atoms with Crippen LogP contribution in [0.2, 0.25) is 0 Å². The third-order valence-electron chi connectivity index (χ3n) is 10.0. The van der Waals surface area contributed by atoms with Gasteiger partial charge in [0.1, 0.15) is 24.2 Å². The van der Waals surface area contributed by atoms with Crippen LogP contribution in [-0.2, 0) is 41.6 Å². The Hall–Kier alpha value is -4.78. The second kappa shape index (κ2) is 21.2. The largest absolute Gasteiger partial charge is 0.381 e. The topological polar surface area (TPSA) is 200 Å². The lowest BCUT2D eigenvalue weighted by Crippen LogP contribution is -2.60. The number of likely N-dealkylation sites (tertiary alicyclic amines) is 1. The number of aliphatic hydroxyl groups is 1. The fourth-order valence-corrected chi connectivity index (χ4v) is 6.67. The van der Waals surface area contributed by atoms with Crippen LogP contribution in [-0.4, -0.2) is 88.3 Å². The molecular weight excluding hydrogens is 688 g/mol. The summed E-state index contributed by atoms with van der Waals surface area (Å²) in [5, 5.41) is 22.9. The van der Waals surface area contributed by atoms with Gasteiger partial charge in [-0.25, -0.2) is 0 Å². The van der Waals surface area contributed by atoms with E-state index in [1.165, 1.54) is 4.90 Å². The molecular formula is C41H60N6O7. The molecule has 0 aromatic heterocycles. The summed E-state index contributed by atoms with van der Waals surface area (Å²) in [6, 6.07) is 13.8. The van der Waals surface area contributed by atoms with Crippen molar-refractivity contribution in [2.45, 2.75) is 123 Å². The van der Waals surface area contributed by atoms with Crippen LogP contribution >= 0.6 is 0 Å². The minimum atomic E-state index is -1.73. The Bertz CT molecular complexity index is 1550. The van der Waals surface area contributed by atoms with E-state index in [-0.39, 0.29) is 43.0 Å². The first-order valence-corrected chi connectivity index (χ1v) is 19.2. The summed E-state index contributed by atoms with van der Waals surface area (Å²) in [6.07, 6.45) is 0.722. The Balaban J connectivity index is 1.79. The van der Waals surface area contributed by atoms with Crippen molar-refractivity contribution >= 4 is 35.4 Å². The fraction of sp³-hybridized carbons (Fsp3) is 0.561. The standard InChI is InChI=1S/C41H60N6O7/c1-7-27(6)35(40(53)45-34(26(4)5)37(42)50)46-39(52)32-19-14-22-47(32)41(54)36(49)30(24-29-17-12-9-13-18-29)44-38(51)31(23-25(2)3)43-33(48)21-20-28-15-10-8-11-16-28/h8-13,15-18,25-27,30-32,34-36,49H,7,14,19-24H2,1-6H3,(H2,42,50)(H,43,48)(H,44,51)(H,45,53)(H,46,52)/t27-,30+,31+,32?,34+,35+,36+/m1/s1. The number of hydrogen-bond acceptors (Lipinski definition) is 7. The molecule has 0 bridgehead atoms. The number of aryl methyl sites for hydroxylation is 1. The molecule has 0 aliphatic carbocycles. The van der Waals surface area contributed by atoms with Crippen LogP contribution in [0.25, 0.3) is 0 Å². The minimum absolute atomic E-state index is 0.0477. The Morgan fingerprint density at radius 2 is 1.43 bits per heavy atom. The van der Waals surface area contributed by atoms with Crippen molar-refractivity contribution in [1.29, 1.82) is 0 Å². The number of rotatable bonds is 20. The van der Waals surface area contributed by atoms with Gasteiger partial charge in [-0.3, -0.25) is 28.8 Å². The first kappa shape index (κ1) is 43.6. The van der Waals surface area contributed by atoms with Crippen LogP contribution in [0.3, 0.4) is 0 Å². The van der Waals surface area contributed by atoms with E-state index in [2.05, 4.69) is 21.3 Å². The molecule has 13 nitrogen and oxygen atoms in total. The van der Waals surface area contributed by atoms with E-state index in [4.69, 9.17) is 5.73 Å². The lowest BCUT2D eigenvalue weighted by atomic mass is 9.96. The van der Waals surface area contributed by atoms with E-state index in [9.17, 15) is 33.9 Å². The van der Waals surface area contributed by atoms with Crippen LogP contribution < -0.4 is 27.0 Å². The highest BCUT2D eigenvalue weighted by Gasteiger charge is 2.42. The van der Waals surface area contributed by atoms with Crippen LogP contribution in [0.5, 0.6) is 0 Å². The van der Waals surface area contributed by atoms with Gasteiger partial charge in [0, 0.05) is 13.0 Å². The molecule has 2 aromatic rings. The number of nitrogens with one attached hydrogen (secondary N) is 4. The van der Waals surface area contributed by atoms with Crippen molar-refractivity contribution < 1.29 is 33.9 Å². The first-order valence-electron chi connectivity index (χ1n) is 19.2. The van der Waals surface area contributed by atoms with Crippen molar-refractivity contribution in [3.05, 3.63) is 71.8 Å². The van der Waals surface area contributed by atoms with Gasteiger partial charge in [-0.1, -0.05) is 109 Å². The van der Waals surface area contributed by atoms with Crippen molar-refractivity contribution in [3.63, 3.8) is 0 Å². The molecule has 1 saturated heterocycles. The summed E-state index contributed by atoms with van der Waals surface area (Å²) in [5.41, 5.74) is 7.27. The predicted octanol–water partition coefficient (Wildman–Crippen LogP) is 2.39. The highest BCUT2D eigenvalue weighted by molar-refractivity contribution is 5.95. The molecule has 0 radical (unpaired) electrons. The molecule has 13 heteroatoms. The summed E-state index contributed by atoms with van der Waals surface area (Å²) in [6.45, 7) is 11.2.